The van der Waals surface area contributed by atoms with E-state index in [4.69, 9.17) is 10.00 Å². The summed E-state index contributed by atoms with van der Waals surface area (Å²) in [5.74, 6) is 0.816. The Kier molecular flexibility index (Phi) is 3.24. The molecule has 1 heterocycles. The number of hydrogen-bond acceptors (Lipinski definition) is 3. The van der Waals surface area contributed by atoms with Crippen molar-refractivity contribution >= 4 is 10.8 Å². The molecule has 3 heteroatoms. The Morgan fingerprint density at radius 2 is 2.29 bits per heavy atom. The van der Waals surface area contributed by atoms with Crippen molar-refractivity contribution < 1.29 is 4.74 Å². The number of hydrogen-bond donors (Lipinski definition) is 0. The third kappa shape index (κ3) is 2.36. The molecule has 2 rings (SSSR count). The third-order valence-electron chi connectivity index (χ3n) is 2.74. The summed E-state index contributed by atoms with van der Waals surface area (Å²) in [5, 5.41) is 10.8. The van der Waals surface area contributed by atoms with Crippen LogP contribution in [-0.4, -0.2) is 11.1 Å². The maximum Gasteiger partial charge on any atom is 0.141 e. The van der Waals surface area contributed by atoms with Gasteiger partial charge in [0.1, 0.15) is 17.5 Å². The molecule has 17 heavy (non-hydrogen) atoms. The maximum atomic E-state index is 8.86. The Morgan fingerprint density at radius 1 is 1.47 bits per heavy atom. The van der Waals surface area contributed by atoms with Gasteiger partial charge in [0.2, 0.25) is 0 Å². The molecule has 0 aliphatic carbocycles. The van der Waals surface area contributed by atoms with E-state index in [0.29, 0.717) is 5.69 Å². The molecule has 0 radical (unpaired) electrons. The molecule has 0 aliphatic heterocycles. The molecule has 0 aliphatic rings. The van der Waals surface area contributed by atoms with Gasteiger partial charge in [-0.2, -0.15) is 5.26 Å². The van der Waals surface area contributed by atoms with Gasteiger partial charge in [0.15, 0.2) is 0 Å². The lowest BCUT2D eigenvalue weighted by atomic mass is 10.1. The van der Waals surface area contributed by atoms with Crippen LogP contribution >= 0.6 is 0 Å². The lowest BCUT2D eigenvalue weighted by Gasteiger charge is -2.14. The number of nitrogens with zero attached hydrogens (tertiary/aromatic N) is 2. The second kappa shape index (κ2) is 4.84. The molecular weight excluding hydrogens is 212 g/mol. The third-order valence-corrected chi connectivity index (χ3v) is 2.74. The van der Waals surface area contributed by atoms with E-state index in [1.165, 1.54) is 0 Å². The van der Waals surface area contributed by atoms with Crippen molar-refractivity contribution in [3.63, 3.8) is 0 Å². The minimum atomic E-state index is 0.166. The minimum Gasteiger partial charge on any atom is -0.490 e. The fourth-order valence-corrected chi connectivity index (χ4v) is 1.61. The van der Waals surface area contributed by atoms with E-state index in [9.17, 15) is 0 Å². The highest BCUT2D eigenvalue weighted by Gasteiger charge is 2.06. The molecular formula is C14H14N2O. The Labute approximate surface area is 101 Å². The van der Waals surface area contributed by atoms with Crippen LogP contribution in [0.15, 0.2) is 30.5 Å². The van der Waals surface area contributed by atoms with Crippen LogP contribution in [0.5, 0.6) is 5.75 Å². The summed E-state index contributed by atoms with van der Waals surface area (Å²) in [6, 6.07) is 9.65. The quantitative estimate of drug-likeness (QED) is 0.806. The van der Waals surface area contributed by atoms with Crippen LogP contribution in [0.4, 0.5) is 0 Å². The second-order valence-electron chi connectivity index (χ2n) is 4.00. The fourth-order valence-electron chi connectivity index (χ4n) is 1.61. The number of fused-ring (bicyclic) bond motifs is 1. The topological polar surface area (TPSA) is 45.9 Å². The van der Waals surface area contributed by atoms with Gasteiger partial charge < -0.3 is 4.74 Å². The van der Waals surface area contributed by atoms with Gasteiger partial charge in [-0.15, -0.1) is 0 Å². The molecule has 1 unspecified atom stereocenters. The van der Waals surface area contributed by atoms with Gasteiger partial charge in [-0.25, -0.2) is 4.98 Å². The van der Waals surface area contributed by atoms with Crippen molar-refractivity contribution in [2.24, 2.45) is 0 Å². The summed E-state index contributed by atoms with van der Waals surface area (Å²) in [4.78, 5) is 4.05. The molecule has 0 saturated carbocycles. The number of ether oxygens (including phenoxy) is 1. The van der Waals surface area contributed by atoms with Crippen LogP contribution in [0.25, 0.3) is 10.8 Å². The first kappa shape index (κ1) is 11.4. The highest BCUT2D eigenvalue weighted by atomic mass is 16.5. The maximum absolute atomic E-state index is 8.86. The molecule has 0 saturated heterocycles. The van der Waals surface area contributed by atoms with Crippen molar-refractivity contribution in [2.45, 2.75) is 26.4 Å². The van der Waals surface area contributed by atoms with Gasteiger partial charge >= 0.3 is 0 Å². The number of nitriles is 1. The van der Waals surface area contributed by atoms with Crippen LogP contribution in [-0.2, 0) is 0 Å². The molecule has 86 valence electrons. The van der Waals surface area contributed by atoms with Gasteiger partial charge in [-0.1, -0.05) is 19.1 Å². The van der Waals surface area contributed by atoms with Crippen LogP contribution in [0, 0.1) is 11.3 Å². The zero-order valence-electron chi connectivity index (χ0n) is 9.97. The lowest BCUT2D eigenvalue weighted by Crippen LogP contribution is -2.09. The first-order valence-electron chi connectivity index (χ1n) is 5.70. The number of pyridine rings is 1. The van der Waals surface area contributed by atoms with Crippen LogP contribution in [0.2, 0.25) is 0 Å². The fraction of sp³-hybridized carbons (Fsp3) is 0.286. The Balaban J connectivity index is 2.51. The average molecular weight is 226 g/mol. The average Bonchev–Trinajstić information content (AvgIpc) is 2.38. The SMILES string of the molecule is CCC(C)Oc1cccc2cnc(C#N)cc12. The molecule has 0 N–H and O–H groups in total. The summed E-state index contributed by atoms with van der Waals surface area (Å²) in [7, 11) is 0. The molecule has 0 fully saturated rings. The summed E-state index contributed by atoms with van der Waals surface area (Å²) < 4.78 is 5.84. The van der Waals surface area contributed by atoms with Gasteiger partial charge in [-0.3, -0.25) is 0 Å². The number of benzene rings is 1. The summed E-state index contributed by atoms with van der Waals surface area (Å²) in [6.45, 7) is 4.11. The molecule has 0 amide bonds. The monoisotopic (exact) mass is 226 g/mol. The smallest absolute Gasteiger partial charge is 0.141 e. The Bertz CT molecular complexity index is 572. The minimum absolute atomic E-state index is 0.166. The van der Waals surface area contributed by atoms with Crippen LogP contribution in [0.3, 0.4) is 0 Å². The Hall–Kier alpha value is -2.08. The standard InChI is InChI=1S/C14H14N2O/c1-3-10(2)17-14-6-4-5-11-9-16-12(8-15)7-13(11)14/h4-7,9-10H,3H2,1-2H3. The van der Waals surface area contributed by atoms with E-state index < -0.39 is 0 Å². The van der Waals surface area contributed by atoms with Crippen LogP contribution in [0.1, 0.15) is 26.0 Å². The number of aromatic nitrogens is 1. The summed E-state index contributed by atoms with van der Waals surface area (Å²) in [5.41, 5.74) is 0.415. The lowest BCUT2D eigenvalue weighted by molar-refractivity contribution is 0.220. The van der Waals surface area contributed by atoms with E-state index in [1.807, 2.05) is 31.2 Å². The molecule has 1 aromatic heterocycles. The molecule has 0 spiro atoms. The predicted molar refractivity (Wildman–Crippen MR) is 66.8 cm³/mol. The highest BCUT2D eigenvalue weighted by molar-refractivity contribution is 5.88. The van der Waals surface area contributed by atoms with Crippen molar-refractivity contribution in [1.29, 1.82) is 5.26 Å². The molecule has 3 nitrogen and oxygen atoms in total. The van der Waals surface area contributed by atoms with Gasteiger partial charge in [0.25, 0.3) is 0 Å². The normalized spacial score (nSPS) is 12.1. The molecule has 1 atom stereocenters. The summed E-state index contributed by atoms with van der Waals surface area (Å²) >= 11 is 0. The number of rotatable bonds is 3. The van der Waals surface area contributed by atoms with Crippen molar-refractivity contribution in [3.8, 4) is 11.8 Å². The van der Waals surface area contributed by atoms with Crippen molar-refractivity contribution in [3.05, 3.63) is 36.2 Å². The summed E-state index contributed by atoms with van der Waals surface area (Å²) in [6.07, 6.45) is 2.82. The first-order valence-corrected chi connectivity index (χ1v) is 5.70. The van der Waals surface area contributed by atoms with Crippen LogP contribution < -0.4 is 4.74 Å². The van der Waals surface area contributed by atoms with E-state index in [-0.39, 0.29) is 6.10 Å². The second-order valence-corrected chi connectivity index (χ2v) is 4.00. The van der Waals surface area contributed by atoms with Crippen molar-refractivity contribution in [1.82, 2.24) is 4.98 Å². The largest absolute Gasteiger partial charge is 0.490 e. The van der Waals surface area contributed by atoms with E-state index in [2.05, 4.69) is 11.9 Å². The molecule has 0 bridgehead atoms. The highest BCUT2D eigenvalue weighted by Crippen LogP contribution is 2.26. The molecule has 1 aromatic carbocycles. The molecule has 2 aromatic rings. The van der Waals surface area contributed by atoms with Gasteiger partial charge in [-0.05, 0) is 25.5 Å². The van der Waals surface area contributed by atoms with Gasteiger partial charge in [0, 0.05) is 17.0 Å². The van der Waals surface area contributed by atoms with E-state index in [1.54, 1.807) is 12.3 Å². The predicted octanol–water partition coefficient (Wildman–Crippen LogP) is 3.28. The van der Waals surface area contributed by atoms with Gasteiger partial charge in [0.05, 0.1) is 6.10 Å². The zero-order valence-corrected chi connectivity index (χ0v) is 9.97. The Morgan fingerprint density at radius 3 is 3.00 bits per heavy atom. The van der Waals surface area contributed by atoms with E-state index in [0.717, 1.165) is 22.9 Å². The first-order chi connectivity index (χ1) is 8.24. The van der Waals surface area contributed by atoms with E-state index >= 15 is 0 Å². The zero-order chi connectivity index (χ0) is 12.3. The van der Waals surface area contributed by atoms with Crippen molar-refractivity contribution in [2.75, 3.05) is 0 Å².